The molecule has 2 N–H and O–H groups in total. The maximum Gasteiger partial charge on any atom is 0.310 e. The highest BCUT2D eigenvalue weighted by molar-refractivity contribution is 5.94. The second-order valence-electron chi connectivity index (χ2n) is 6.17. The topological polar surface area (TPSA) is 88.5 Å². The molecule has 126 valence electrons. The summed E-state index contributed by atoms with van der Waals surface area (Å²) in [5, 5.41) is 11.7. The molecule has 0 unspecified atom stereocenters. The van der Waals surface area contributed by atoms with Gasteiger partial charge in [-0.1, -0.05) is 0 Å². The predicted molar refractivity (Wildman–Crippen MR) is 89.2 cm³/mol. The van der Waals surface area contributed by atoms with Crippen LogP contribution in [0.15, 0.2) is 42.6 Å². The molecule has 1 aromatic carbocycles. The number of aromatic nitrogens is 1. The number of carbonyl (C=O) groups is 2. The summed E-state index contributed by atoms with van der Waals surface area (Å²) in [6.07, 6.45) is 1.66. The third kappa shape index (κ3) is 4.55. The molecule has 0 aliphatic rings. The van der Waals surface area contributed by atoms with E-state index in [2.05, 4.69) is 10.3 Å². The minimum atomic E-state index is -1.02. The van der Waals surface area contributed by atoms with Crippen LogP contribution in [0, 0.1) is 12.3 Å². The first kappa shape index (κ1) is 17.5. The van der Waals surface area contributed by atoms with Crippen molar-refractivity contribution in [1.29, 1.82) is 0 Å². The first-order valence-corrected chi connectivity index (χ1v) is 7.50. The number of aryl methyl sites for hydroxylation is 1. The average molecular weight is 328 g/mol. The molecule has 0 fully saturated rings. The number of amides is 1. The molecule has 0 saturated heterocycles. The van der Waals surface area contributed by atoms with Crippen LogP contribution in [0.25, 0.3) is 0 Å². The normalized spacial score (nSPS) is 11.0. The van der Waals surface area contributed by atoms with Crippen molar-refractivity contribution in [3.8, 4) is 11.6 Å². The molecular formula is C18H20N2O4. The largest absolute Gasteiger partial charge is 0.481 e. The molecule has 0 atom stereocenters. The van der Waals surface area contributed by atoms with Gasteiger partial charge in [-0.2, -0.15) is 0 Å². The average Bonchev–Trinajstić information content (AvgIpc) is 2.53. The standard InChI is InChI=1S/C18H20N2O4/c1-12-8-9-19-15(10-12)24-14-6-4-13(5-7-14)16(21)20-11-18(2,3)17(22)23/h4-10H,11H2,1-3H3,(H,20,21)(H,22,23). The Balaban J connectivity index is 1.98. The van der Waals surface area contributed by atoms with Gasteiger partial charge in [0, 0.05) is 24.4 Å². The number of pyridine rings is 1. The van der Waals surface area contributed by atoms with E-state index in [9.17, 15) is 9.59 Å². The van der Waals surface area contributed by atoms with Crippen LogP contribution >= 0.6 is 0 Å². The van der Waals surface area contributed by atoms with Gasteiger partial charge >= 0.3 is 5.97 Å². The smallest absolute Gasteiger partial charge is 0.310 e. The molecule has 6 nitrogen and oxygen atoms in total. The number of carboxylic acid groups (broad SMARTS) is 1. The zero-order chi connectivity index (χ0) is 17.7. The molecule has 0 aliphatic heterocycles. The summed E-state index contributed by atoms with van der Waals surface area (Å²) in [5.41, 5.74) is 0.452. The van der Waals surface area contributed by atoms with E-state index in [1.165, 1.54) is 0 Å². The number of carbonyl (C=O) groups excluding carboxylic acids is 1. The maximum absolute atomic E-state index is 12.1. The third-order valence-corrected chi connectivity index (χ3v) is 3.50. The van der Waals surface area contributed by atoms with Crippen LogP contribution in [0.3, 0.4) is 0 Å². The maximum atomic E-state index is 12.1. The second kappa shape index (κ2) is 7.12. The quantitative estimate of drug-likeness (QED) is 0.851. The molecule has 1 aromatic heterocycles. The number of aliphatic carboxylic acids is 1. The number of hydrogen-bond donors (Lipinski definition) is 2. The van der Waals surface area contributed by atoms with E-state index in [1.807, 2.05) is 19.1 Å². The van der Waals surface area contributed by atoms with Crippen molar-refractivity contribution in [1.82, 2.24) is 10.3 Å². The van der Waals surface area contributed by atoms with Crippen molar-refractivity contribution in [2.75, 3.05) is 6.54 Å². The number of hydrogen-bond acceptors (Lipinski definition) is 4. The Hall–Kier alpha value is -2.89. The van der Waals surface area contributed by atoms with Crippen molar-refractivity contribution in [3.63, 3.8) is 0 Å². The fourth-order valence-electron chi connectivity index (χ4n) is 1.84. The van der Waals surface area contributed by atoms with E-state index in [0.717, 1.165) is 5.56 Å². The summed E-state index contributed by atoms with van der Waals surface area (Å²) in [6.45, 7) is 5.11. The Morgan fingerprint density at radius 3 is 2.46 bits per heavy atom. The minimum Gasteiger partial charge on any atom is -0.481 e. The second-order valence-corrected chi connectivity index (χ2v) is 6.17. The Labute approximate surface area is 140 Å². The highest BCUT2D eigenvalue weighted by Gasteiger charge is 2.27. The molecule has 0 spiro atoms. The Morgan fingerprint density at radius 2 is 1.88 bits per heavy atom. The molecule has 2 aromatic rings. The van der Waals surface area contributed by atoms with Gasteiger partial charge in [-0.05, 0) is 56.7 Å². The van der Waals surface area contributed by atoms with E-state index < -0.39 is 11.4 Å². The Kier molecular flexibility index (Phi) is 5.18. The van der Waals surface area contributed by atoms with Crippen molar-refractivity contribution in [2.24, 2.45) is 5.41 Å². The number of carboxylic acids is 1. The third-order valence-electron chi connectivity index (χ3n) is 3.50. The molecule has 0 radical (unpaired) electrons. The number of nitrogens with one attached hydrogen (secondary N) is 1. The van der Waals surface area contributed by atoms with E-state index in [0.29, 0.717) is 17.2 Å². The molecule has 0 bridgehead atoms. The van der Waals surface area contributed by atoms with E-state index in [-0.39, 0.29) is 12.5 Å². The lowest BCUT2D eigenvalue weighted by atomic mass is 9.94. The van der Waals surface area contributed by atoms with Gasteiger partial charge in [0.05, 0.1) is 5.41 Å². The van der Waals surface area contributed by atoms with Gasteiger partial charge in [0.15, 0.2) is 0 Å². The summed E-state index contributed by atoms with van der Waals surface area (Å²) in [5.74, 6) is -0.243. The summed E-state index contributed by atoms with van der Waals surface area (Å²) in [7, 11) is 0. The molecule has 0 aliphatic carbocycles. The lowest BCUT2D eigenvalue weighted by Crippen LogP contribution is -2.38. The SMILES string of the molecule is Cc1ccnc(Oc2ccc(C(=O)NCC(C)(C)C(=O)O)cc2)c1. The number of ether oxygens (including phenoxy) is 1. The van der Waals surface area contributed by atoms with Gasteiger partial charge in [-0.15, -0.1) is 0 Å². The fourth-order valence-corrected chi connectivity index (χ4v) is 1.84. The van der Waals surface area contributed by atoms with Crippen LogP contribution in [-0.2, 0) is 4.79 Å². The van der Waals surface area contributed by atoms with Crippen LogP contribution in [0.2, 0.25) is 0 Å². The van der Waals surface area contributed by atoms with Crippen LogP contribution < -0.4 is 10.1 Å². The van der Waals surface area contributed by atoms with Crippen molar-refractivity contribution in [2.45, 2.75) is 20.8 Å². The van der Waals surface area contributed by atoms with E-state index in [4.69, 9.17) is 9.84 Å². The number of nitrogens with zero attached hydrogens (tertiary/aromatic N) is 1. The van der Waals surface area contributed by atoms with E-state index in [1.54, 1.807) is 44.3 Å². The molecule has 1 heterocycles. The van der Waals surface area contributed by atoms with Gasteiger partial charge in [-0.25, -0.2) is 4.98 Å². The number of rotatable bonds is 6. The summed E-state index contributed by atoms with van der Waals surface area (Å²) >= 11 is 0. The van der Waals surface area contributed by atoms with Gasteiger partial charge in [0.25, 0.3) is 5.91 Å². The molecule has 0 saturated carbocycles. The fraction of sp³-hybridized carbons (Fsp3) is 0.278. The lowest BCUT2D eigenvalue weighted by Gasteiger charge is -2.19. The van der Waals surface area contributed by atoms with Crippen LogP contribution in [0.4, 0.5) is 0 Å². The Bertz CT molecular complexity index is 739. The highest BCUT2D eigenvalue weighted by atomic mass is 16.5. The van der Waals surface area contributed by atoms with Crippen molar-refractivity contribution in [3.05, 3.63) is 53.7 Å². The molecule has 6 heteroatoms. The number of benzene rings is 1. The summed E-state index contributed by atoms with van der Waals surface area (Å²) in [6, 6.07) is 10.3. The van der Waals surface area contributed by atoms with Crippen LogP contribution in [0.5, 0.6) is 11.6 Å². The van der Waals surface area contributed by atoms with Gasteiger partial charge in [-0.3, -0.25) is 9.59 Å². The Morgan fingerprint density at radius 1 is 1.21 bits per heavy atom. The molecule has 1 amide bonds. The summed E-state index contributed by atoms with van der Waals surface area (Å²) < 4.78 is 5.62. The van der Waals surface area contributed by atoms with Gasteiger partial charge < -0.3 is 15.2 Å². The lowest BCUT2D eigenvalue weighted by molar-refractivity contribution is -0.146. The zero-order valence-electron chi connectivity index (χ0n) is 13.9. The van der Waals surface area contributed by atoms with Crippen molar-refractivity contribution < 1.29 is 19.4 Å². The van der Waals surface area contributed by atoms with Crippen molar-refractivity contribution >= 4 is 11.9 Å². The van der Waals surface area contributed by atoms with Gasteiger partial charge in [0.2, 0.25) is 5.88 Å². The van der Waals surface area contributed by atoms with Crippen LogP contribution in [-0.4, -0.2) is 28.5 Å². The molecular weight excluding hydrogens is 308 g/mol. The van der Waals surface area contributed by atoms with E-state index >= 15 is 0 Å². The first-order valence-electron chi connectivity index (χ1n) is 7.50. The minimum absolute atomic E-state index is 0.0482. The highest BCUT2D eigenvalue weighted by Crippen LogP contribution is 2.20. The first-order chi connectivity index (χ1) is 11.3. The predicted octanol–water partition coefficient (Wildman–Crippen LogP) is 3.02. The molecule has 2 rings (SSSR count). The van der Waals surface area contributed by atoms with Crippen LogP contribution in [0.1, 0.15) is 29.8 Å². The van der Waals surface area contributed by atoms with Gasteiger partial charge in [0.1, 0.15) is 5.75 Å². The summed E-state index contributed by atoms with van der Waals surface area (Å²) in [4.78, 5) is 27.2. The monoisotopic (exact) mass is 328 g/mol. The molecule has 24 heavy (non-hydrogen) atoms. The zero-order valence-corrected chi connectivity index (χ0v) is 13.9.